The second-order valence-corrected chi connectivity index (χ2v) is 23.0. The van der Waals surface area contributed by atoms with E-state index in [1.54, 1.807) is 85.9 Å². The van der Waals surface area contributed by atoms with Gasteiger partial charge in [0.05, 0.1) is 0 Å². The molecule has 14 nitrogen and oxygen atoms in total. The molecule has 0 saturated heterocycles. The molecular formula is C34H40CuN6O8S8. The monoisotopic (exact) mass is 979 g/mol. The predicted molar refractivity (Wildman–Crippen MR) is 231 cm³/mol. The van der Waals surface area contributed by atoms with Crippen LogP contribution in [0.5, 0.6) is 0 Å². The molecule has 0 saturated carbocycles. The molecule has 23 heteroatoms. The van der Waals surface area contributed by atoms with Crippen molar-refractivity contribution in [1.82, 2.24) is 0 Å². The molecule has 0 spiro atoms. The van der Waals surface area contributed by atoms with Crippen LogP contribution in [0.4, 0.5) is 0 Å². The molecule has 313 valence electrons. The predicted octanol–water partition coefficient (Wildman–Crippen LogP) is 8.10. The second kappa shape index (κ2) is 22.4. The molecule has 0 aliphatic carbocycles. The summed E-state index contributed by atoms with van der Waals surface area (Å²) in [5.41, 5.74) is 3.73. The summed E-state index contributed by atoms with van der Waals surface area (Å²) in [6.45, 7) is 7.42. The van der Waals surface area contributed by atoms with Crippen molar-refractivity contribution in [2.45, 2.75) is 47.3 Å². The molecule has 1 radical (unpaired) electrons. The molecule has 4 aromatic carbocycles. The minimum atomic E-state index is -3.88. The topological polar surface area (TPSA) is 199 Å². The van der Waals surface area contributed by atoms with Crippen LogP contribution in [0.2, 0.25) is 0 Å². The normalized spacial score (nSPS) is 11.8. The van der Waals surface area contributed by atoms with Crippen LogP contribution in [0.3, 0.4) is 0 Å². The van der Waals surface area contributed by atoms with Gasteiger partial charge in [-0.2, -0.15) is 47.8 Å². The molecule has 0 aliphatic rings. The Labute approximate surface area is 364 Å². The number of aryl methyl sites for hydroxylation is 4. The number of hydrogen-bond donors (Lipinski definition) is 0. The third-order valence-corrected chi connectivity index (χ3v) is 17.6. The van der Waals surface area contributed by atoms with E-state index in [0.29, 0.717) is 56.5 Å². The van der Waals surface area contributed by atoms with Crippen LogP contribution in [0.25, 0.3) is 16.5 Å². The van der Waals surface area contributed by atoms with E-state index < -0.39 is 40.1 Å². The summed E-state index contributed by atoms with van der Waals surface area (Å²) in [4.78, 5) is 0.270. The smallest absolute Gasteiger partial charge is 0.479 e. The minimum Gasteiger partial charge on any atom is -0.479 e. The van der Waals surface area contributed by atoms with Crippen LogP contribution >= 0.6 is 47.8 Å². The van der Waals surface area contributed by atoms with Crippen molar-refractivity contribution in [3.63, 3.8) is 0 Å². The summed E-state index contributed by atoms with van der Waals surface area (Å²) in [5, 5.41) is 0. The standard InChI is InChI=1S/2C17H20N3O4S4.Cu/c2*1-13-5-9-15(10-6-13)27(21,22)18-25-17(20(3)4)26-19-28(23,24)16-11-7-14(2)8-12-16;/h2*5-12H,1-4H3;/q2*-1;+2. The maximum Gasteiger partial charge on any atom is 2.00 e. The van der Waals surface area contributed by atoms with E-state index in [1.165, 1.54) is 48.5 Å². The van der Waals surface area contributed by atoms with Gasteiger partial charge in [-0.15, -0.1) is 0 Å². The van der Waals surface area contributed by atoms with Crippen LogP contribution in [0.15, 0.2) is 117 Å². The van der Waals surface area contributed by atoms with E-state index >= 15 is 0 Å². The first-order valence-corrected chi connectivity index (χ1v) is 24.8. The maximum atomic E-state index is 12.3. The van der Waals surface area contributed by atoms with E-state index in [0.717, 1.165) is 22.3 Å². The zero-order valence-corrected chi connectivity index (χ0v) is 39.2. The zero-order chi connectivity index (χ0) is 41.9. The molecular weight excluding hydrogens is 940 g/mol. The average molecular weight is 981 g/mol. The summed E-state index contributed by atoms with van der Waals surface area (Å²) < 4.78 is 117. The number of sulfonamides is 4. The minimum absolute atomic E-state index is 0. The Morgan fingerprint density at radius 2 is 0.526 bits per heavy atom. The van der Waals surface area contributed by atoms with Gasteiger partial charge in [-0.3, -0.25) is 0 Å². The van der Waals surface area contributed by atoms with Gasteiger partial charge in [0, 0.05) is 19.6 Å². The summed E-state index contributed by atoms with van der Waals surface area (Å²) >= 11 is 2.63. The first kappa shape index (κ1) is 50.9. The van der Waals surface area contributed by atoms with Gasteiger partial charge in [-0.05, 0) is 76.2 Å². The second-order valence-electron chi connectivity index (χ2n) is 12.1. The largest absolute Gasteiger partial charge is 2.00 e. The fourth-order valence-corrected chi connectivity index (χ4v) is 11.6. The summed E-state index contributed by atoms with van der Waals surface area (Å²) in [6.07, 6.45) is 0. The fourth-order valence-electron chi connectivity index (χ4n) is 3.70. The van der Waals surface area contributed by atoms with E-state index in [1.807, 2.05) is 27.7 Å². The molecule has 4 aromatic rings. The van der Waals surface area contributed by atoms with Gasteiger partial charge in [0.2, 0.25) is 8.75 Å². The Morgan fingerprint density at radius 1 is 0.368 bits per heavy atom. The van der Waals surface area contributed by atoms with E-state index in [9.17, 15) is 33.7 Å². The first-order valence-electron chi connectivity index (χ1n) is 15.9. The Balaban J connectivity index is 0.000000387. The van der Waals surface area contributed by atoms with E-state index in [2.05, 4.69) is 16.5 Å². The van der Waals surface area contributed by atoms with Gasteiger partial charge in [-0.25, -0.2) is 42.8 Å². The molecule has 0 aromatic heterocycles. The first-order chi connectivity index (χ1) is 26.0. The van der Waals surface area contributed by atoms with Crippen molar-refractivity contribution >= 4 is 96.6 Å². The van der Waals surface area contributed by atoms with Crippen molar-refractivity contribution in [1.29, 1.82) is 0 Å². The van der Waals surface area contributed by atoms with Crippen LogP contribution in [0, 0.1) is 27.7 Å². The number of rotatable bonds is 12. The van der Waals surface area contributed by atoms with Gasteiger partial charge in [-0.1, -0.05) is 70.8 Å². The molecule has 0 fully saturated rings. The van der Waals surface area contributed by atoms with Gasteiger partial charge >= 0.3 is 17.1 Å². The van der Waals surface area contributed by atoms with Gasteiger partial charge in [0.15, 0.2) is 0 Å². The van der Waals surface area contributed by atoms with Crippen LogP contribution in [-0.4, -0.2) is 79.8 Å². The van der Waals surface area contributed by atoms with Crippen molar-refractivity contribution in [3.05, 3.63) is 136 Å². The third kappa shape index (κ3) is 16.4. The molecule has 4 rings (SSSR count). The fraction of sp³-hybridized carbons (Fsp3) is 0.235. The van der Waals surface area contributed by atoms with E-state index in [4.69, 9.17) is 0 Å². The molecule has 0 amide bonds. The molecule has 0 heterocycles. The summed E-state index contributed by atoms with van der Waals surface area (Å²) in [6, 6.07) is 25.3. The number of hydrogen-bond acceptors (Lipinski definition) is 12. The molecule has 0 unspecified atom stereocenters. The zero-order valence-electron chi connectivity index (χ0n) is 31.8. The van der Waals surface area contributed by atoms with Gasteiger partial charge in [0.25, 0.3) is 0 Å². The molecule has 0 atom stereocenters. The average Bonchev–Trinajstić information content (AvgIpc) is 3.12. The van der Waals surface area contributed by atoms with Crippen LogP contribution in [-0.2, 0) is 57.2 Å². The number of benzene rings is 4. The summed E-state index contributed by atoms with van der Waals surface area (Å²) in [5.74, 6) is 0. The molecule has 0 bridgehead atoms. The van der Waals surface area contributed by atoms with Crippen LogP contribution in [0.1, 0.15) is 22.3 Å². The molecule has 0 N–H and O–H groups in total. The van der Waals surface area contributed by atoms with Crippen LogP contribution < -0.4 is 0 Å². The maximum absolute atomic E-state index is 12.3. The van der Waals surface area contributed by atoms with Crippen molar-refractivity contribution < 1.29 is 59.9 Å². The SMILES string of the molecule is Cc1ccc(S(=O)(=O)[N-]SC(S[N-]S(=O)(=O)c2ccc(C)cc2)=[N+](C)C)cc1.Cc1ccc(S(=O)(=O)[N-]SC(S[N-]S(=O)(=O)c2ccc(C)cc2)=[N+](C)C)cc1.[Cu+2]. The Kier molecular flexibility index (Phi) is 20.0. The third-order valence-electron chi connectivity index (χ3n) is 6.86. The Morgan fingerprint density at radius 3 is 0.667 bits per heavy atom. The van der Waals surface area contributed by atoms with Crippen molar-refractivity contribution in [3.8, 4) is 0 Å². The Hall–Kier alpha value is -2.22. The quantitative estimate of drug-likeness (QED) is 0.0435. The van der Waals surface area contributed by atoms with Gasteiger partial charge < -0.3 is 16.5 Å². The van der Waals surface area contributed by atoms with Gasteiger partial charge in [0.1, 0.15) is 68.3 Å². The van der Waals surface area contributed by atoms with Crippen molar-refractivity contribution in [2.75, 3.05) is 28.2 Å². The molecule has 0 aliphatic heterocycles. The number of nitrogens with zero attached hydrogens (tertiary/aromatic N) is 6. The Bertz CT molecular complexity index is 2140. The van der Waals surface area contributed by atoms with E-state index in [-0.39, 0.29) is 36.7 Å². The van der Waals surface area contributed by atoms with Crippen molar-refractivity contribution in [2.24, 2.45) is 0 Å². The molecule has 57 heavy (non-hydrogen) atoms. The summed E-state index contributed by atoms with van der Waals surface area (Å²) in [7, 11) is -8.92.